The Bertz CT molecular complexity index is 737. The van der Waals surface area contributed by atoms with Gasteiger partial charge in [-0.3, -0.25) is 0 Å². The monoisotopic (exact) mass is 333 g/mol. The molecule has 0 aliphatic heterocycles. The number of benzene rings is 2. The third-order valence-electron chi connectivity index (χ3n) is 4.01. The highest BCUT2D eigenvalue weighted by atomic mass is 32.2. The second kappa shape index (κ2) is 7.15. The molecule has 0 bridgehead atoms. The highest BCUT2D eigenvalue weighted by Crippen LogP contribution is 2.20. The minimum atomic E-state index is -3.48. The number of aryl methyl sites for hydroxylation is 1. The number of likely N-dealkylation sites (N-methyl/N-ethyl adjacent to an activating group) is 1. The van der Waals surface area contributed by atoms with E-state index in [0.717, 1.165) is 16.9 Å². The van der Waals surface area contributed by atoms with Gasteiger partial charge >= 0.3 is 0 Å². The molecule has 0 saturated carbocycles. The van der Waals surface area contributed by atoms with Gasteiger partial charge in [0.1, 0.15) is 5.75 Å². The summed E-state index contributed by atoms with van der Waals surface area (Å²) in [6.45, 7) is 3.85. The van der Waals surface area contributed by atoms with E-state index in [-0.39, 0.29) is 6.04 Å². The van der Waals surface area contributed by atoms with Gasteiger partial charge in [0.2, 0.25) is 10.0 Å². The Labute approximate surface area is 138 Å². The van der Waals surface area contributed by atoms with Crippen LogP contribution in [0.5, 0.6) is 5.75 Å². The molecule has 2 aromatic carbocycles. The average Bonchev–Trinajstić information content (AvgIpc) is 2.55. The van der Waals surface area contributed by atoms with Crippen molar-refractivity contribution >= 4 is 10.0 Å². The lowest BCUT2D eigenvalue weighted by atomic mass is 10.1. The van der Waals surface area contributed by atoms with E-state index in [1.54, 1.807) is 26.3 Å². The molecule has 2 rings (SSSR count). The lowest BCUT2D eigenvalue weighted by Crippen LogP contribution is -2.36. The quantitative estimate of drug-likeness (QED) is 0.815. The zero-order chi connectivity index (χ0) is 17.0. The fourth-order valence-electron chi connectivity index (χ4n) is 2.34. The van der Waals surface area contributed by atoms with Crippen LogP contribution in [0.3, 0.4) is 0 Å². The molecule has 0 aromatic heterocycles. The van der Waals surface area contributed by atoms with E-state index < -0.39 is 10.0 Å². The number of ether oxygens (including phenoxy) is 1. The minimum absolute atomic E-state index is 0.144. The highest BCUT2D eigenvalue weighted by molar-refractivity contribution is 7.89. The van der Waals surface area contributed by atoms with Gasteiger partial charge in [0.05, 0.1) is 12.0 Å². The van der Waals surface area contributed by atoms with Gasteiger partial charge in [0, 0.05) is 13.1 Å². The molecule has 1 unspecified atom stereocenters. The van der Waals surface area contributed by atoms with Crippen LogP contribution in [0.1, 0.15) is 18.1 Å². The van der Waals surface area contributed by atoms with Gasteiger partial charge in [-0.15, -0.1) is 0 Å². The summed E-state index contributed by atoms with van der Waals surface area (Å²) in [5.41, 5.74) is 2.11. The molecule has 1 atom stereocenters. The number of hydrogen-bond donors (Lipinski definition) is 0. The predicted molar refractivity (Wildman–Crippen MR) is 92.3 cm³/mol. The van der Waals surface area contributed by atoms with E-state index in [2.05, 4.69) is 0 Å². The van der Waals surface area contributed by atoms with Crippen molar-refractivity contribution in [1.82, 2.24) is 4.31 Å². The first-order valence-corrected chi connectivity index (χ1v) is 8.96. The van der Waals surface area contributed by atoms with Crippen LogP contribution in [-0.2, 0) is 16.4 Å². The second-order valence-electron chi connectivity index (χ2n) is 5.74. The third kappa shape index (κ3) is 4.12. The number of rotatable bonds is 6. The highest BCUT2D eigenvalue weighted by Gasteiger charge is 2.25. The van der Waals surface area contributed by atoms with Gasteiger partial charge < -0.3 is 4.74 Å². The van der Waals surface area contributed by atoms with E-state index in [1.165, 1.54) is 4.31 Å². The molecule has 5 heteroatoms. The minimum Gasteiger partial charge on any atom is -0.497 e. The molecule has 0 spiro atoms. The van der Waals surface area contributed by atoms with Gasteiger partial charge in [-0.05, 0) is 50.1 Å². The van der Waals surface area contributed by atoms with E-state index >= 15 is 0 Å². The second-order valence-corrected chi connectivity index (χ2v) is 7.73. The van der Waals surface area contributed by atoms with Gasteiger partial charge in [-0.25, -0.2) is 8.42 Å². The molecule has 0 aliphatic rings. The first-order chi connectivity index (χ1) is 10.8. The summed E-state index contributed by atoms with van der Waals surface area (Å²) >= 11 is 0. The zero-order valence-corrected chi connectivity index (χ0v) is 14.8. The smallest absolute Gasteiger partial charge is 0.243 e. The third-order valence-corrected chi connectivity index (χ3v) is 5.99. The molecular weight excluding hydrogens is 310 g/mol. The molecule has 0 fully saturated rings. The van der Waals surface area contributed by atoms with Gasteiger partial charge in [-0.2, -0.15) is 4.31 Å². The largest absolute Gasteiger partial charge is 0.497 e. The summed E-state index contributed by atoms with van der Waals surface area (Å²) < 4.78 is 31.9. The van der Waals surface area contributed by atoms with Crippen molar-refractivity contribution in [3.05, 3.63) is 59.7 Å². The Balaban J connectivity index is 2.14. The van der Waals surface area contributed by atoms with Crippen molar-refractivity contribution in [3.63, 3.8) is 0 Å². The predicted octanol–water partition coefficient (Wildman–Crippen LogP) is 3.26. The Hall–Kier alpha value is -1.85. The van der Waals surface area contributed by atoms with Crippen LogP contribution in [0.4, 0.5) is 0 Å². The molecule has 0 aliphatic carbocycles. The topological polar surface area (TPSA) is 46.6 Å². The number of nitrogens with zero attached hydrogens (tertiary/aromatic N) is 1. The summed E-state index contributed by atoms with van der Waals surface area (Å²) in [6.07, 6.45) is 0.644. The molecule has 4 nitrogen and oxygen atoms in total. The number of sulfonamides is 1. The molecule has 2 aromatic rings. The molecule has 0 amide bonds. The van der Waals surface area contributed by atoms with Crippen molar-refractivity contribution in [1.29, 1.82) is 0 Å². The van der Waals surface area contributed by atoms with E-state index in [4.69, 9.17) is 4.74 Å². The molecular formula is C18H23NO3S. The van der Waals surface area contributed by atoms with Gasteiger partial charge in [0.25, 0.3) is 0 Å². The Morgan fingerprint density at radius 1 is 1.04 bits per heavy atom. The first kappa shape index (κ1) is 17.5. The van der Waals surface area contributed by atoms with Crippen LogP contribution >= 0.6 is 0 Å². The number of hydrogen-bond acceptors (Lipinski definition) is 3. The molecule has 23 heavy (non-hydrogen) atoms. The zero-order valence-electron chi connectivity index (χ0n) is 14.0. The van der Waals surface area contributed by atoms with Crippen molar-refractivity contribution in [3.8, 4) is 5.75 Å². The summed E-state index contributed by atoms with van der Waals surface area (Å²) in [7, 11) is -0.226. The Morgan fingerprint density at radius 2 is 1.61 bits per heavy atom. The average molecular weight is 333 g/mol. The van der Waals surface area contributed by atoms with Crippen LogP contribution in [0.2, 0.25) is 0 Å². The standard InChI is InChI=1S/C18H23NO3S/c1-14-5-11-18(12-6-14)23(20,21)19(3)15(2)13-16-7-9-17(22-4)10-8-16/h5-12,15H,13H2,1-4H3. The maximum absolute atomic E-state index is 12.7. The van der Waals surface area contributed by atoms with E-state index in [1.807, 2.05) is 50.2 Å². The van der Waals surface area contributed by atoms with E-state index in [0.29, 0.717) is 11.3 Å². The van der Waals surface area contributed by atoms with Crippen LogP contribution in [0.15, 0.2) is 53.4 Å². The van der Waals surface area contributed by atoms with Crippen LogP contribution in [-0.4, -0.2) is 32.9 Å². The normalized spacial score (nSPS) is 13.1. The number of methoxy groups -OCH3 is 1. The summed E-state index contributed by atoms with van der Waals surface area (Å²) in [5, 5.41) is 0. The van der Waals surface area contributed by atoms with Gasteiger partial charge in [-0.1, -0.05) is 29.8 Å². The fraction of sp³-hybridized carbons (Fsp3) is 0.333. The molecule has 0 radical (unpaired) electrons. The lowest BCUT2D eigenvalue weighted by Gasteiger charge is -2.24. The SMILES string of the molecule is COc1ccc(CC(C)N(C)S(=O)(=O)c2ccc(C)cc2)cc1. The van der Waals surface area contributed by atoms with Crippen molar-refractivity contribution in [2.24, 2.45) is 0 Å². The fourth-order valence-corrected chi connectivity index (χ4v) is 3.71. The van der Waals surface area contributed by atoms with Crippen LogP contribution < -0.4 is 4.74 Å². The van der Waals surface area contributed by atoms with Crippen molar-refractivity contribution in [2.75, 3.05) is 14.2 Å². The molecule has 0 heterocycles. The summed E-state index contributed by atoms with van der Waals surface area (Å²) in [5.74, 6) is 0.794. The maximum Gasteiger partial charge on any atom is 0.243 e. The molecule has 0 saturated heterocycles. The maximum atomic E-state index is 12.7. The van der Waals surface area contributed by atoms with Crippen LogP contribution in [0, 0.1) is 6.92 Å². The Kier molecular flexibility index (Phi) is 5.44. The molecule has 0 N–H and O–H groups in total. The van der Waals surface area contributed by atoms with E-state index in [9.17, 15) is 8.42 Å². The van der Waals surface area contributed by atoms with Crippen molar-refractivity contribution < 1.29 is 13.2 Å². The molecule has 124 valence electrons. The Morgan fingerprint density at radius 3 is 2.13 bits per heavy atom. The first-order valence-electron chi connectivity index (χ1n) is 7.52. The summed E-state index contributed by atoms with van der Waals surface area (Å²) in [4.78, 5) is 0.326. The van der Waals surface area contributed by atoms with Crippen LogP contribution in [0.25, 0.3) is 0 Å². The summed E-state index contributed by atoms with van der Waals surface area (Å²) in [6, 6.07) is 14.5. The lowest BCUT2D eigenvalue weighted by molar-refractivity contribution is 0.386. The van der Waals surface area contributed by atoms with Gasteiger partial charge in [0.15, 0.2) is 0 Å². The van der Waals surface area contributed by atoms with Crippen molar-refractivity contribution in [2.45, 2.75) is 31.2 Å².